The Hall–Kier alpha value is -2.93. The van der Waals surface area contributed by atoms with Crippen LogP contribution in [0.3, 0.4) is 0 Å². The first-order chi connectivity index (χ1) is 11.8. The molecule has 2 rings (SSSR count). The van der Waals surface area contributed by atoms with E-state index < -0.39 is 0 Å². The largest absolute Gasteiger partial charge is 0.356 e. The fourth-order valence-electron chi connectivity index (χ4n) is 2.25. The predicted octanol–water partition coefficient (Wildman–Crippen LogP) is 1.65. The highest BCUT2D eigenvalue weighted by Crippen LogP contribution is 2.11. The van der Waals surface area contributed by atoms with Gasteiger partial charge >= 0.3 is 0 Å². The third-order valence-corrected chi connectivity index (χ3v) is 3.46. The maximum atomic E-state index is 12.1. The number of aromatic amines is 1. The molecule has 0 spiro atoms. The number of hydrogen-bond acceptors (Lipinski definition) is 4. The van der Waals surface area contributed by atoms with Gasteiger partial charge in [-0.2, -0.15) is 0 Å². The van der Waals surface area contributed by atoms with Crippen molar-refractivity contribution in [3.8, 4) is 0 Å². The molecular formula is C18H22N4O3. The molecule has 0 saturated heterocycles. The number of amides is 2. The molecular weight excluding hydrogens is 320 g/mol. The van der Waals surface area contributed by atoms with Gasteiger partial charge in [-0.25, -0.2) is 0 Å². The molecule has 1 heterocycles. The number of hydrogen-bond donors (Lipinski definition) is 3. The Kier molecular flexibility index (Phi) is 6.08. The maximum absolute atomic E-state index is 12.1. The second-order valence-corrected chi connectivity index (χ2v) is 6.03. The van der Waals surface area contributed by atoms with Gasteiger partial charge in [0.25, 0.3) is 5.91 Å². The van der Waals surface area contributed by atoms with E-state index >= 15 is 0 Å². The molecule has 1 aromatic heterocycles. The van der Waals surface area contributed by atoms with Gasteiger partial charge in [-0.05, 0) is 44.8 Å². The zero-order valence-electron chi connectivity index (χ0n) is 14.6. The third kappa shape index (κ3) is 5.58. The number of carbonyl (C=O) groups excluding carboxylic acids is 3. The van der Waals surface area contributed by atoms with Crippen LogP contribution in [0.5, 0.6) is 0 Å². The van der Waals surface area contributed by atoms with Gasteiger partial charge in [-0.3, -0.25) is 14.4 Å². The quantitative estimate of drug-likeness (QED) is 0.667. The van der Waals surface area contributed by atoms with E-state index in [1.54, 1.807) is 11.0 Å². The lowest BCUT2D eigenvalue weighted by molar-refractivity contribution is -0.116. The van der Waals surface area contributed by atoms with Crippen LogP contribution in [0.15, 0.2) is 36.5 Å². The lowest BCUT2D eigenvalue weighted by Gasteiger charge is -2.11. The van der Waals surface area contributed by atoms with E-state index in [2.05, 4.69) is 15.6 Å². The molecule has 0 radical (unpaired) electrons. The number of nitrogens with one attached hydrogen (secondary N) is 3. The predicted molar refractivity (Wildman–Crippen MR) is 95.6 cm³/mol. The molecule has 132 valence electrons. The van der Waals surface area contributed by atoms with Crippen molar-refractivity contribution in [2.24, 2.45) is 0 Å². The first kappa shape index (κ1) is 18.4. The number of benzene rings is 1. The lowest BCUT2D eigenvalue weighted by Crippen LogP contribution is -2.27. The standard InChI is InChI=1S/C18H22N4O3/c1-12(23)14-8-16(19-10-14)18(25)20-9-13-5-4-6-15(7-13)21-17(24)11-22(2)3/h4-8,10,19H,9,11H2,1-3H3,(H,20,25)(H,21,24). The normalized spacial score (nSPS) is 10.6. The lowest BCUT2D eigenvalue weighted by atomic mass is 10.2. The van der Waals surface area contributed by atoms with Crippen LogP contribution in [0.2, 0.25) is 0 Å². The highest BCUT2D eigenvalue weighted by atomic mass is 16.2. The number of likely N-dealkylation sites (N-methyl/N-ethyl adjacent to an activating group) is 1. The molecule has 0 atom stereocenters. The zero-order valence-corrected chi connectivity index (χ0v) is 14.6. The average Bonchev–Trinajstić information content (AvgIpc) is 3.02. The van der Waals surface area contributed by atoms with Crippen molar-refractivity contribution in [1.29, 1.82) is 0 Å². The van der Waals surface area contributed by atoms with Crippen LogP contribution in [-0.4, -0.2) is 48.1 Å². The highest BCUT2D eigenvalue weighted by molar-refractivity contribution is 5.99. The van der Waals surface area contributed by atoms with Crippen LogP contribution >= 0.6 is 0 Å². The smallest absolute Gasteiger partial charge is 0.267 e. The number of anilines is 1. The molecule has 25 heavy (non-hydrogen) atoms. The number of nitrogens with zero attached hydrogens (tertiary/aromatic N) is 1. The van der Waals surface area contributed by atoms with E-state index in [4.69, 9.17) is 0 Å². The van der Waals surface area contributed by atoms with Gasteiger partial charge in [0.15, 0.2) is 5.78 Å². The summed E-state index contributed by atoms with van der Waals surface area (Å²) in [6, 6.07) is 8.80. The number of aromatic nitrogens is 1. The van der Waals surface area contributed by atoms with Crippen LogP contribution in [0.4, 0.5) is 5.69 Å². The molecule has 0 unspecified atom stereocenters. The fraction of sp³-hybridized carbons (Fsp3) is 0.278. The van der Waals surface area contributed by atoms with Gasteiger partial charge in [-0.15, -0.1) is 0 Å². The molecule has 0 saturated carbocycles. The van der Waals surface area contributed by atoms with Gasteiger partial charge in [0.1, 0.15) is 5.69 Å². The van der Waals surface area contributed by atoms with Gasteiger partial charge in [0.05, 0.1) is 6.54 Å². The van der Waals surface area contributed by atoms with Crippen LogP contribution in [-0.2, 0) is 11.3 Å². The van der Waals surface area contributed by atoms with E-state index in [-0.39, 0.29) is 17.6 Å². The minimum atomic E-state index is -0.297. The number of Topliss-reactive ketones (excluding diaryl/α,β-unsaturated/α-hetero) is 1. The summed E-state index contributed by atoms with van der Waals surface area (Å²) in [6.07, 6.45) is 1.51. The SMILES string of the molecule is CC(=O)c1c[nH]c(C(=O)NCc2cccc(NC(=O)CN(C)C)c2)c1. The highest BCUT2D eigenvalue weighted by Gasteiger charge is 2.10. The summed E-state index contributed by atoms with van der Waals surface area (Å²) in [5.41, 5.74) is 2.34. The summed E-state index contributed by atoms with van der Waals surface area (Å²) in [5, 5.41) is 5.59. The fourth-order valence-corrected chi connectivity index (χ4v) is 2.25. The second-order valence-electron chi connectivity index (χ2n) is 6.03. The maximum Gasteiger partial charge on any atom is 0.267 e. The molecule has 0 aliphatic rings. The summed E-state index contributed by atoms with van der Waals surface area (Å²) in [6.45, 7) is 2.05. The molecule has 3 N–H and O–H groups in total. The van der Waals surface area contributed by atoms with E-state index in [1.807, 2.05) is 32.3 Å². The monoisotopic (exact) mass is 342 g/mol. The van der Waals surface area contributed by atoms with Crippen molar-refractivity contribution in [1.82, 2.24) is 15.2 Å². The Balaban J connectivity index is 1.94. The average molecular weight is 342 g/mol. The number of H-pyrrole nitrogens is 1. The van der Waals surface area contributed by atoms with Crippen molar-refractivity contribution >= 4 is 23.3 Å². The van der Waals surface area contributed by atoms with Gasteiger partial charge < -0.3 is 20.5 Å². The van der Waals surface area contributed by atoms with Crippen molar-refractivity contribution in [3.63, 3.8) is 0 Å². The molecule has 0 aliphatic heterocycles. The molecule has 1 aromatic carbocycles. The minimum absolute atomic E-state index is 0.100. The first-order valence-corrected chi connectivity index (χ1v) is 7.86. The van der Waals surface area contributed by atoms with Crippen LogP contribution in [0, 0.1) is 0 Å². The van der Waals surface area contributed by atoms with E-state index in [9.17, 15) is 14.4 Å². The van der Waals surface area contributed by atoms with Crippen LogP contribution < -0.4 is 10.6 Å². The topological polar surface area (TPSA) is 94.3 Å². The summed E-state index contributed by atoms with van der Waals surface area (Å²) in [4.78, 5) is 39.7. The van der Waals surface area contributed by atoms with Gasteiger partial charge in [0.2, 0.25) is 5.91 Å². The molecule has 0 aliphatic carbocycles. The van der Waals surface area contributed by atoms with Crippen molar-refractivity contribution < 1.29 is 14.4 Å². The van der Waals surface area contributed by atoms with Crippen LogP contribution in [0.25, 0.3) is 0 Å². The zero-order chi connectivity index (χ0) is 18.4. The Morgan fingerprint density at radius 2 is 1.92 bits per heavy atom. The summed E-state index contributed by atoms with van der Waals surface area (Å²) < 4.78 is 0. The second kappa shape index (κ2) is 8.25. The first-order valence-electron chi connectivity index (χ1n) is 7.86. The summed E-state index contributed by atoms with van der Waals surface area (Å²) in [7, 11) is 3.65. The minimum Gasteiger partial charge on any atom is -0.356 e. The number of rotatable bonds is 7. The Morgan fingerprint density at radius 3 is 2.56 bits per heavy atom. The third-order valence-electron chi connectivity index (χ3n) is 3.46. The van der Waals surface area contributed by atoms with Crippen LogP contribution in [0.1, 0.15) is 33.3 Å². The van der Waals surface area contributed by atoms with Gasteiger partial charge in [-0.1, -0.05) is 12.1 Å². The summed E-state index contributed by atoms with van der Waals surface area (Å²) >= 11 is 0. The van der Waals surface area contributed by atoms with Crippen molar-refractivity contribution in [2.45, 2.75) is 13.5 Å². The van der Waals surface area contributed by atoms with Crippen molar-refractivity contribution in [2.75, 3.05) is 26.0 Å². The van der Waals surface area contributed by atoms with E-state index in [0.29, 0.717) is 30.0 Å². The Morgan fingerprint density at radius 1 is 1.16 bits per heavy atom. The molecule has 2 amide bonds. The van der Waals surface area contributed by atoms with Gasteiger partial charge in [0, 0.05) is 24.0 Å². The molecule has 2 aromatic rings. The molecule has 0 fully saturated rings. The molecule has 7 nitrogen and oxygen atoms in total. The van der Waals surface area contributed by atoms with E-state index in [1.165, 1.54) is 19.2 Å². The van der Waals surface area contributed by atoms with Crippen molar-refractivity contribution in [3.05, 3.63) is 53.3 Å². The number of carbonyl (C=O) groups is 3. The van der Waals surface area contributed by atoms with E-state index in [0.717, 1.165) is 5.56 Å². The number of ketones is 1. The Labute approximate surface area is 146 Å². The Bertz CT molecular complexity index is 780. The summed E-state index contributed by atoms with van der Waals surface area (Å²) in [5.74, 6) is -0.500. The molecule has 7 heteroatoms. The molecule has 0 bridgehead atoms.